The van der Waals surface area contributed by atoms with Crippen molar-refractivity contribution < 1.29 is 13.2 Å². The van der Waals surface area contributed by atoms with E-state index in [0.717, 1.165) is 21.3 Å². The van der Waals surface area contributed by atoms with Gasteiger partial charge in [-0.25, -0.2) is 8.42 Å². The van der Waals surface area contributed by atoms with Gasteiger partial charge in [-0.1, -0.05) is 48.0 Å². The molecule has 0 bridgehead atoms. The molecule has 0 aliphatic carbocycles. The molecular formula is C19H16BrClN2O3S. The second-order valence-corrected chi connectivity index (χ2v) is 9.11. The van der Waals surface area contributed by atoms with Crippen molar-refractivity contribution in [2.24, 2.45) is 0 Å². The van der Waals surface area contributed by atoms with Gasteiger partial charge >= 0.3 is 0 Å². The summed E-state index contributed by atoms with van der Waals surface area (Å²) in [7, 11) is -3.67. The minimum atomic E-state index is -3.67. The van der Waals surface area contributed by atoms with Crippen molar-refractivity contribution in [3.63, 3.8) is 0 Å². The average Bonchev–Trinajstić information content (AvgIpc) is 2.61. The van der Waals surface area contributed by atoms with Gasteiger partial charge in [-0.05, 0) is 45.6 Å². The van der Waals surface area contributed by atoms with Crippen LogP contribution in [0.2, 0.25) is 5.02 Å². The highest BCUT2D eigenvalue weighted by Crippen LogP contribution is 2.29. The number of carbonyl (C=O) groups excluding carboxylic acids is 1. The molecular weight excluding hydrogens is 452 g/mol. The van der Waals surface area contributed by atoms with Gasteiger partial charge < -0.3 is 5.32 Å². The Hall–Kier alpha value is -2.09. The van der Waals surface area contributed by atoms with Gasteiger partial charge in [0.25, 0.3) is 0 Å². The van der Waals surface area contributed by atoms with Crippen LogP contribution in [0.25, 0.3) is 10.8 Å². The predicted octanol–water partition coefficient (Wildman–Crippen LogP) is 4.66. The number of hydrogen-bond donors (Lipinski definition) is 1. The summed E-state index contributed by atoms with van der Waals surface area (Å²) in [5.74, 6) is -0.466. The Morgan fingerprint density at radius 2 is 1.81 bits per heavy atom. The zero-order valence-corrected chi connectivity index (χ0v) is 17.5. The molecule has 0 aliphatic rings. The molecule has 0 saturated carbocycles. The number of rotatable bonds is 5. The summed E-state index contributed by atoms with van der Waals surface area (Å²) in [6.45, 7) is -0.347. The summed E-state index contributed by atoms with van der Waals surface area (Å²) in [5, 5.41) is 4.77. The number of fused-ring (bicyclic) bond motifs is 1. The van der Waals surface area contributed by atoms with E-state index in [1.54, 1.807) is 30.3 Å². The van der Waals surface area contributed by atoms with Crippen molar-refractivity contribution in [1.29, 1.82) is 0 Å². The molecule has 0 aliphatic heterocycles. The van der Waals surface area contributed by atoms with E-state index in [9.17, 15) is 13.2 Å². The van der Waals surface area contributed by atoms with E-state index in [4.69, 9.17) is 11.6 Å². The second kappa shape index (κ2) is 7.88. The maximum absolute atomic E-state index is 12.5. The van der Waals surface area contributed by atoms with E-state index in [-0.39, 0.29) is 6.54 Å². The van der Waals surface area contributed by atoms with E-state index >= 15 is 0 Å². The largest absolute Gasteiger partial charge is 0.324 e. The Balaban J connectivity index is 1.92. The van der Waals surface area contributed by atoms with Crippen LogP contribution in [0.15, 0.2) is 65.1 Å². The van der Waals surface area contributed by atoms with Gasteiger partial charge in [-0.2, -0.15) is 0 Å². The first-order valence-corrected chi connectivity index (χ1v) is 11.0. The van der Waals surface area contributed by atoms with Gasteiger partial charge in [0.05, 0.1) is 17.0 Å². The van der Waals surface area contributed by atoms with Gasteiger partial charge in [0.2, 0.25) is 15.9 Å². The molecule has 0 radical (unpaired) electrons. The molecule has 5 nitrogen and oxygen atoms in total. The molecule has 0 spiro atoms. The standard InChI is InChI=1S/C19H16BrClN2O3S/c1-27(25,26)23(18-8-4-6-13-5-2-3-7-15(13)18)12-19(24)22-14-9-10-16(20)17(21)11-14/h2-11H,12H2,1H3,(H,22,24). The smallest absolute Gasteiger partial charge is 0.245 e. The van der Waals surface area contributed by atoms with Gasteiger partial charge in [0.1, 0.15) is 6.54 Å². The number of halogens is 2. The van der Waals surface area contributed by atoms with Crippen molar-refractivity contribution in [2.45, 2.75) is 0 Å². The Bertz CT molecular complexity index is 1110. The zero-order chi connectivity index (χ0) is 19.6. The SMILES string of the molecule is CS(=O)(=O)N(CC(=O)Nc1ccc(Br)c(Cl)c1)c1cccc2ccccc12. The summed E-state index contributed by atoms with van der Waals surface area (Å²) in [4.78, 5) is 12.5. The summed E-state index contributed by atoms with van der Waals surface area (Å²) < 4.78 is 26.6. The van der Waals surface area contributed by atoms with Crippen LogP contribution in [0.5, 0.6) is 0 Å². The fourth-order valence-electron chi connectivity index (χ4n) is 2.71. The van der Waals surface area contributed by atoms with Crippen LogP contribution in [0.1, 0.15) is 0 Å². The van der Waals surface area contributed by atoms with Crippen molar-refractivity contribution in [1.82, 2.24) is 0 Å². The first-order chi connectivity index (χ1) is 12.8. The lowest BCUT2D eigenvalue weighted by Crippen LogP contribution is -2.37. The molecule has 0 aromatic heterocycles. The number of carbonyl (C=O) groups is 1. The van der Waals surface area contributed by atoms with Gasteiger partial charge in [0, 0.05) is 15.5 Å². The lowest BCUT2D eigenvalue weighted by atomic mass is 10.1. The third-order valence-corrected chi connectivity index (χ3v) is 6.29. The molecule has 0 saturated heterocycles. The van der Waals surface area contributed by atoms with Crippen molar-refractivity contribution in [2.75, 3.05) is 22.4 Å². The van der Waals surface area contributed by atoms with Gasteiger partial charge in [0.15, 0.2) is 0 Å². The number of anilines is 2. The highest BCUT2D eigenvalue weighted by atomic mass is 79.9. The number of nitrogens with zero attached hydrogens (tertiary/aromatic N) is 1. The highest BCUT2D eigenvalue weighted by Gasteiger charge is 2.22. The fraction of sp³-hybridized carbons (Fsp3) is 0.105. The third-order valence-electron chi connectivity index (χ3n) is 3.93. The molecule has 1 N–H and O–H groups in total. The van der Waals surface area contributed by atoms with E-state index in [2.05, 4.69) is 21.2 Å². The maximum Gasteiger partial charge on any atom is 0.245 e. The Morgan fingerprint density at radius 1 is 1.11 bits per heavy atom. The van der Waals surface area contributed by atoms with E-state index in [0.29, 0.717) is 20.9 Å². The highest BCUT2D eigenvalue weighted by molar-refractivity contribution is 9.10. The molecule has 3 aromatic carbocycles. The Morgan fingerprint density at radius 3 is 2.52 bits per heavy atom. The first-order valence-electron chi connectivity index (χ1n) is 7.96. The van der Waals surface area contributed by atoms with Gasteiger partial charge in [-0.3, -0.25) is 9.10 Å². The van der Waals surface area contributed by atoms with Crippen LogP contribution in [-0.2, 0) is 14.8 Å². The van der Waals surface area contributed by atoms with E-state index < -0.39 is 15.9 Å². The minimum Gasteiger partial charge on any atom is -0.324 e. The van der Waals surface area contributed by atoms with Crippen LogP contribution in [-0.4, -0.2) is 27.1 Å². The van der Waals surface area contributed by atoms with Crippen LogP contribution < -0.4 is 9.62 Å². The number of nitrogens with one attached hydrogen (secondary N) is 1. The molecule has 27 heavy (non-hydrogen) atoms. The van der Waals surface area contributed by atoms with Crippen LogP contribution >= 0.6 is 27.5 Å². The number of benzene rings is 3. The molecule has 1 amide bonds. The lowest BCUT2D eigenvalue weighted by molar-refractivity contribution is -0.114. The quantitative estimate of drug-likeness (QED) is 0.593. The molecule has 8 heteroatoms. The van der Waals surface area contributed by atoms with Crippen LogP contribution in [0.3, 0.4) is 0 Å². The molecule has 0 heterocycles. The molecule has 0 unspecified atom stereocenters. The first kappa shape index (κ1) is 19.7. The summed E-state index contributed by atoms with van der Waals surface area (Å²) in [6.07, 6.45) is 1.08. The van der Waals surface area contributed by atoms with Gasteiger partial charge in [-0.15, -0.1) is 0 Å². The monoisotopic (exact) mass is 466 g/mol. The second-order valence-electron chi connectivity index (χ2n) is 5.94. The van der Waals surface area contributed by atoms with Crippen LogP contribution in [0.4, 0.5) is 11.4 Å². The number of amides is 1. The van der Waals surface area contributed by atoms with Crippen LogP contribution in [0, 0.1) is 0 Å². The van der Waals surface area contributed by atoms with E-state index in [1.165, 1.54) is 0 Å². The normalized spacial score (nSPS) is 11.4. The fourth-order valence-corrected chi connectivity index (χ4v) is 4.01. The van der Waals surface area contributed by atoms with E-state index in [1.807, 2.05) is 30.3 Å². The molecule has 0 fully saturated rings. The number of sulfonamides is 1. The molecule has 140 valence electrons. The Labute approximate surface area is 171 Å². The molecule has 3 rings (SSSR count). The summed E-state index contributed by atoms with van der Waals surface area (Å²) in [6, 6.07) is 17.7. The van der Waals surface area contributed by atoms with Crippen molar-refractivity contribution in [3.8, 4) is 0 Å². The molecule has 3 aromatic rings. The minimum absolute atomic E-state index is 0.347. The predicted molar refractivity (Wildman–Crippen MR) is 114 cm³/mol. The Kier molecular flexibility index (Phi) is 5.74. The molecule has 0 atom stereocenters. The topological polar surface area (TPSA) is 66.5 Å². The van der Waals surface area contributed by atoms with Crippen molar-refractivity contribution >= 4 is 65.6 Å². The number of hydrogen-bond acceptors (Lipinski definition) is 3. The summed E-state index contributed by atoms with van der Waals surface area (Å²) in [5.41, 5.74) is 0.944. The zero-order valence-electron chi connectivity index (χ0n) is 14.3. The average molecular weight is 468 g/mol. The summed E-state index contributed by atoms with van der Waals surface area (Å²) >= 11 is 9.32. The van der Waals surface area contributed by atoms with Crippen molar-refractivity contribution in [3.05, 3.63) is 70.2 Å². The maximum atomic E-state index is 12.5. The third kappa shape index (κ3) is 4.61. The lowest BCUT2D eigenvalue weighted by Gasteiger charge is -2.23.